The van der Waals surface area contributed by atoms with Gasteiger partial charge in [0.2, 0.25) is 0 Å². The summed E-state index contributed by atoms with van der Waals surface area (Å²) in [4.78, 5) is 0. The maximum absolute atomic E-state index is 5.96. The molecule has 0 aliphatic carbocycles. The second-order valence-corrected chi connectivity index (χ2v) is 7.01. The second-order valence-electron chi connectivity index (χ2n) is 5.79. The quantitative estimate of drug-likeness (QED) is 0.755. The van der Waals surface area contributed by atoms with Crippen molar-refractivity contribution >= 4 is 11.8 Å². The zero-order valence-electron chi connectivity index (χ0n) is 13.4. The van der Waals surface area contributed by atoms with Crippen molar-refractivity contribution in [1.29, 1.82) is 0 Å². The normalized spacial score (nSPS) is 17.6. The van der Waals surface area contributed by atoms with Crippen molar-refractivity contribution in [2.45, 2.75) is 45.6 Å². The first-order valence-electron chi connectivity index (χ1n) is 8.38. The highest BCUT2D eigenvalue weighted by Crippen LogP contribution is 2.34. The number of thioether (sulfide) groups is 1. The predicted octanol–water partition coefficient (Wildman–Crippen LogP) is 4.66. The molecule has 3 heteroatoms. The van der Waals surface area contributed by atoms with E-state index in [2.05, 4.69) is 55.2 Å². The van der Waals surface area contributed by atoms with Crippen molar-refractivity contribution in [1.82, 2.24) is 5.32 Å². The lowest BCUT2D eigenvalue weighted by atomic mass is 9.90. The van der Waals surface area contributed by atoms with Crippen molar-refractivity contribution in [2.24, 2.45) is 5.92 Å². The molecule has 1 unspecified atom stereocenters. The van der Waals surface area contributed by atoms with Crippen LogP contribution in [-0.4, -0.2) is 24.7 Å². The van der Waals surface area contributed by atoms with Crippen molar-refractivity contribution in [3.63, 3.8) is 0 Å². The summed E-state index contributed by atoms with van der Waals surface area (Å²) in [6.45, 7) is 6.16. The smallest absolute Gasteiger partial charge is 0.124 e. The summed E-state index contributed by atoms with van der Waals surface area (Å²) in [5, 5.41) is 3.68. The van der Waals surface area contributed by atoms with E-state index in [1.165, 1.54) is 36.3 Å². The molecule has 1 aliphatic rings. The van der Waals surface area contributed by atoms with Crippen LogP contribution in [0.25, 0.3) is 0 Å². The number of hydrogen-bond donors (Lipinski definition) is 1. The highest BCUT2D eigenvalue weighted by molar-refractivity contribution is 7.99. The summed E-state index contributed by atoms with van der Waals surface area (Å²) < 4.78 is 5.96. The summed E-state index contributed by atoms with van der Waals surface area (Å²) >= 11 is 2.10. The van der Waals surface area contributed by atoms with E-state index < -0.39 is 0 Å². The van der Waals surface area contributed by atoms with Gasteiger partial charge < -0.3 is 10.1 Å². The van der Waals surface area contributed by atoms with E-state index in [4.69, 9.17) is 4.74 Å². The van der Waals surface area contributed by atoms with Gasteiger partial charge in [0.05, 0.1) is 6.61 Å². The molecule has 1 aromatic carbocycles. The molecule has 0 saturated carbocycles. The fourth-order valence-electron chi connectivity index (χ4n) is 2.99. The third-order valence-corrected chi connectivity index (χ3v) is 5.17. The molecule has 1 atom stereocenters. The van der Waals surface area contributed by atoms with Crippen molar-refractivity contribution < 1.29 is 4.74 Å². The molecule has 1 N–H and O–H groups in total. The maximum Gasteiger partial charge on any atom is 0.124 e. The van der Waals surface area contributed by atoms with Crippen LogP contribution in [-0.2, 0) is 0 Å². The third-order valence-electron chi connectivity index (χ3n) is 4.12. The van der Waals surface area contributed by atoms with E-state index in [0.29, 0.717) is 6.04 Å². The predicted molar refractivity (Wildman–Crippen MR) is 93.3 cm³/mol. The Morgan fingerprint density at radius 2 is 2.00 bits per heavy atom. The summed E-state index contributed by atoms with van der Waals surface area (Å²) in [5.41, 5.74) is 1.34. The van der Waals surface area contributed by atoms with Gasteiger partial charge in [-0.2, -0.15) is 11.8 Å². The fraction of sp³-hybridized carbons (Fsp3) is 0.667. The largest absolute Gasteiger partial charge is 0.493 e. The lowest BCUT2D eigenvalue weighted by Gasteiger charge is -2.28. The van der Waals surface area contributed by atoms with E-state index in [9.17, 15) is 0 Å². The standard InChI is InChI=1S/C18H29NOS/c1-3-11-20-18-8-6-5-7-16(18)17(19-4-2)14-15-9-12-21-13-10-15/h5-8,15,17,19H,3-4,9-14H2,1-2H3. The van der Waals surface area contributed by atoms with Crippen LogP contribution in [0.4, 0.5) is 0 Å². The van der Waals surface area contributed by atoms with Crippen molar-refractivity contribution in [2.75, 3.05) is 24.7 Å². The van der Waals surface area contributed by atoms with Crippen LogP contribution < -0.4 is 10.1 Å². The number of para-hydroxylation sites is 1. The highest BCUT2D eigenvalue weighted by atomic mass is 32.2. The summed E-state index contributed by atoms with van der Waals surface area (Å²) in [6, 6.07) is 8.99. The van der Waals surface area contributed by atoms with Gasteiger partial charge in [-0.25, -0.2) is 0 Å². The molecule has 118 valence electrons. The molecular weight excluding hydrogens is 278 g/mol. The van der Waals surface area contributed by atoms with Gasteiger partial charge >= 0.3 is 0 Å². The van der Waals surface area contributed by atoms with Crippen LogP contribution in [0, 0.1) is 5.92 Å². The average molecular weight is 308 g/mol. The van der Waals surface area contributed by atoms with Crippen molar-refractivity contribution in [3.8, 4) is 5.75 Å². The first-order chi connectivity index (χ1) is 10.3. The lowest BCUT2D eigenvalue weighted by Crippen LogP contribution is -2.25. The molecule has 0 bridgehead atoms. The number of benzene rings is 1. The Hall–Kier alpha value is -0.670. The molecule has 0 aromatic heterocycles. The minimum atomic E-state index is 0.427. The third kappa shape index (κ3) is 5.23. The molecule has 0 spiro atoms. The van der Waals surface area contributed by atoms with Crippen LogP contribution in [0.5, 0.6) is 5.75 Å². The lowest BCUT2D eigenvalue weighted by molar-refractivity contribution is 0.303. The Labute approximate surface area is 134 Å². The molecular formula is C18H29NOS. The molecule has 1 aromatic rings. The van der Waals surface area contributed by atoms with E-state index in [0.717, 1.165) is 31.2 Å². The number of ether oxygens (including phenoxy) is 1. The van der Waals surface area contributed by atoms with E-state index >= 15 is 0 Å². The molecule has 1 fully saturated rings. The SMILES string of the molecule is CCCOc1ccccc1C(CC1CCSCC1)NCC. The second kappa shape index (κ2) is 9.37. The van der Waals surface area contributed by atoms with Gasteiger partial charge in [0.15, 0.2) is 0 Å². The fourth-order valence-corrected chi connectivity index (χ4v) is 4.20. The van der Waals surface area contributed by atoms with Gasteiger partial charge in [-0.3, -0.25) is 0 Å². The molecule has 21 heavy (non-hydrogen) atoms. The Bertz CT molecular complexity index is 404. The number of nitrogens with one attached hydrogen (secondary N) is 1. The molecule has 0 radical (unpaired) electrons. The average Bonchev–Trinajstić information content (AvgIpc) is 2.54. The first-order valence-corrected chi connectivity index (χ1v) is 9.53. The van der Waals surface area contributed by atoms with Gasteiger partial charge in [0.25, 0.3) is 0 Å². The summed E-state index contributed by atoms with van der Waals surface area (Å²) in [6.07, 6.45) is 5.02. The van der Waals surface area contributed by atoms with Crippen LogP contribution in [0.3, 0.4) is 0 Å². The highest BCUT2D eigenvalue weighted by Gasteiger charge is 2.22. The molecule has 2 rings (SSSR count). The minimum Gasteiger partial charge on any atom is -0.493 e. The Kier molecular flexibility index (Phi) is 7.45. The summed E-state index contributed by atoms with van der Waals surface area (Å²) in [7, 11) is 0. The van der Waals surface area contributed by atoms with Crippen LogP contribution in [0.1, 0.15) is 51.1 Å². The van der Waals surface area contributed by atoms with Crippen LogP contribution in [0.15, 0.2) is 24.3 Å². The molecule has 1 saturated heterocycles. The Balaban J connectivity index is 2.08. The zero-order chi connectivity index (χ0) is 14.9. The molecule has 2 nitrogen and oxygen atoms in total. The topological polar surface area (TPSA) is 21.3 Å². The number of rotatable bonds is 8. The molecule has 1 aliphatic heterocycles. The zero-order valence-corrected chi connectivity index (χ0v) is 14.3. The maximum atomic E-state index is 5.96. The van der Waals surface area contributed by atoms with Gasteiger partial charge in [-0.15, -0.1) is 0 Å². The van der Waals surface area contributed by atoms with Gasteiger partial charge in [-0.05, 0) is 55.7 Å². The van der Waals surface area contributed by atoms with Gasteiger partial charge in [0.1, 0.15) is 5.75 Å². The Morgan fingerprint density at radius 1 is 1.24 bits per heavy atom. The van der Waals surface area contributed by atoms with E-state index in [1.54, 1.807) is 0 Å². The molecule has 1 heterocycles. The van der Waals surface area contributed by atoms with Crippen molar-refractivity contribution in [3.05, 3.63) is 29.8 Å². The minimum absolute atomic E-state index is 0.427. The van der Waals surface area contributed by atoms with Gasteiger partial charge in [0, 0.05) is 11.6 Å². The van der Waals surface area contributed by atoms with Gasteiger partial charge in [-0.1, -0.05) is 32.0 Å². The first kappa shape index (κ1) is 16.7. The summed E-state index contributed by atoms with van der Waals surface area (Å²) in [5.74, 6) is 4.58. The van der Waals surface area contributed by atoms with Crippen LogP contribution >= 0.6 is 11.8 Å². The number of hydrogen-bond acceptors (Lipinski definition) is 3. The van der Waals surface area contributed by atoms with E-state index in [-0.39, 0.29) is 0 Å². The van der Waals surface area contributed by atoms with Crippen LogP contribution in [0.2, 0.25) is 0 Å². The Morgan fingerprint density at radius 3 is 2.71 bits per heavy atom. The molecule has 0 amide bonds. The van der Waals surface area contributed by atoms with E-state index in [1.807, 2.05) is 0 Å². The monoisotopic (exact) mass is 307 g/mol.